The molecular weight excluding hydrogens is 347 g/mol. The summed E-state index contributed by atoms with van der Waals surface area (Å²) in [6.45, 7) is 1.53. The van der Waals surface area contributed by atoms with Crippen LogP contribution in [0.2, 0.25) is 5.02 Å². The van der Waals surface area contributed by atoms with Crippen LogP contribution in [-0.4, -0.2) is 28.1 Å². The number of nitrogens with one attached hydrogen (secondary N) is 3. The number of rotatable bonds is 4. The highest BCUT2D eigenvalue weighted by molar-refractivity contribution is 6.31. The molecule has 0 fully saturated rings. The molecule has 0 spiro atoms. The van der Waals surface area contributed by atoms with E-state index in [2.05, 4.69) is 20.8 Å². The van der Waals surface area contributed by atoms with E-state index in [-0.39, 0.29) is 10.7 Å². The number of nitrogens with zero attached hydrogens (tertiary/aromatic N) is 1. The van der Waals surface area contributed by atoms with Gasteiger partial charge in [0, 0.05) is 11.1 Å². The van der Waals surface area contributed by atoms with Crippen LogP contribution in [0.25, 0.3) is 10.9 Å². The summed E-state index contributed by atoms with van der Waals surface area (Å²) in [4.78, 5) is 24.5. The van der Waals surface area contributed by atoms with E-state index in [0.29, 0.717) is 11.1 Å². The SMILES string of the molecule is CC(NC(=O)c1n[nH]c2ccccc12)C(=O)Nc1ccc(F)c(Cl)c1. The number of carbonyl (C=O) groups excluding carboxylic acids is 2. The number of aromatic nitrogens is 2. The fourth-order valence-electron chi connectivity index (χ4n) is 2.29. The van der Waals surface area contributed by atoms with Gasteiger partial charge in [-0.1, -0.05) is 29.8 Å². The van der Waals surface area contributed by atoms with E-state index in [1.807, 2.05) is 6.07 Å². The molecule has 0 radical (unpaired) electrons. The van der Waals surface area contributed by atoms with Gasteiger partial charge in [-0.15, -0.1) is 0 Å². The fourth-order valence-corrected chi connectivity index (χ4v) is 2.47. The molecule has 1 atom stereocenters. The molecule has 0 aliphatic rings. The van der Waals surface area contributed by atoms with Crippen LogP contribution in [0.1, 0.15) is 17.4 Å². The van der Waals surface area contributed by atoms with E-state index >= 15 is 0 Å². The Hall–Kier alpha value is -2.93. The van der Waals surface area contributed by atoms with Gasteiger partial charge in [0.25, 0.3) is 5.91 Å². The lowest BCUT2D eigenvalue weighted by atomic mass is 10.2. The van der Waals surface area contributed by atoms with Crippen molar-refractivity contribution < 1.29 is 14.0 Å². The Labute approximate surface area is 147 Å². The van der Waals surface area contributed by atoms with Crippen LogP contribution in [0, 0.1) is 5.82 Å². The van der Waals surface area contributed by atoms with Crippen molar-refractivity contribution in [2.45, 2.75) is 13.0 Å². The van der Waals surface area contributed by atoms with E-state index in [1.54, 1.807) is 18.2 Å². The third kappa shape index (κ3) is 3.61. The van der Waals surface area contributed by atoms with Gasteiger partial charge in [-0.05, 0) is 31.2 Å². The second kappa shape index (κ2) is 6.90. The summed E-state index contributed by atoms with van der Waals surface area (Å²) in [5.41, 5.74) is 1.27. The van der Waals surface area contributed by atoms with E-state index in [1.165, 1.54) is 19.1 Å². The Bertz CT molecular complexity index is 957. The van der Waals surface area contributed by atoms with Gasteiger partial charge in [-0.2, -0.15) is 5.10 Å². The van der Waals surface area contributed by atoms with Crippen LogP contribution >= 0.6 is 11.6 Å². The van der Waals surface area contributed by atoms with Gasteiger partial charge in [0.15, 0.2) is 5.69 Å². The summed E-state index contributed by atoms with van der Waals surface area (Å²) >= 11 is 5.68. The minimum Gasteiger partial charge on any atom is -0.339 e. The lowest BCUT2D eigenvalue weighted by Gasteiger charge is -2.13. The Balaban J connectivity index is 1.68. The number of amides is 2. The molecule has 0 aliphatic heterocycles. The summed E-state index contributed by atoms with van der Waals surface area (Å²) in [5.74, 6) is -1.51. The van der Waals surface area contributed by atoms with Gasteiger partial charge in [-0.3, -0.25) is 14.7 Å². The highest BCUT2D eigenvalue weighted by Gasteiger charge is 2.20. The van der Waals surface area contributed by atoms with Crippen molar-refractivity contribution in [3.63, 3.8) is 0 Å². The quantitative estimate of drug-likeness (QED) is 0.668. The molecule has 0 saturated heterocycles. The molecule has 8 heteroatoms. The van der Waals surface area contributed by atoms with Gasteiger partial charge >= 0.3 is 0 Å². The molecule has 0 bridgehead atoms. The predicted molar refractivity (Wildman–Crippen MR) is 93.1 cm³/mol. The number of fused-ring (bicyclic) bond motifs is 1. The highest BCUT2D eigenvalue weighted by atomic mass is 35.5. The second-order valence-electron chi connectivity index (χ2n) is 5.43. The number of halogens is 2. The zero-order chi connectivity index (χ0) is 18.0. The molecule has 1 unspecified atom stereocenters. The van der Waals surface area contributed by atoms with Crippen LogP contribution in [-0.2, 0) is 4.79 Å². The summed E-state index contributed by atoms with van der Waals surface area (Å²) in [7, 11) is 0. The maximum atomic E-state index is 13.1. The molecule has 6 nitrogen and oxygen atoms in total. The van der Waals surface area contributed by atoms with Crippen LogP contribution < -0.4 is 10.6 Å². The second-order valence-corrected chi connectivity index (χ2v) is 5.84. The number of aromatic amines is 1. The van der Waals surface area contributed by atoms with E-state index < -0.39 is 23.7 Å². The third-order valence-electron chi connectivity index (χ3n) is 3.61. The monoisotopic (exact) mass is 360 g/mol. The summed E-state index contributed by atoms with van der Waals surface area (Å²) < 4.78 is 13.1. The Morgan fingerprint density at radius 3 is 2.76 bits per heavy atom. The first-order valence-electron chi connectivity index (χ1n) is 7.45. The van der Waals surface area contributed by atoms with Gasteiger partial charge in [0.2, 0.25) is 5.91 Å². The van der Waals surface area contributed by atoms with Crippen LogP contribution in [0.4, 0.5) is 10.1 Å². The van der Waals surface area contributed by atoms with Crippen molar-refractivity contribution in [2.24, 2.45) is 0 Å². The molecule has 128 valence electrons. The van der Waals surface area contributed by atoms with E-state index in [9.17, 15) is 14.0 Å². The number of carbonyl (C=O) groups is 2. The maximum absolute atomic E-state index is 13.1. The number of para-hydroxylation sites is 1. The number of anilines is 1. The summed E-state index contributed by atoms with van der Waals surface area (Å²) in [6, 6.07) is 10.2. The first-order chi connectivity index (χ1) is 12.0. The standard InChI is InChI=1S/C17H14ClFN4O2/c1-9(16(24)21-10-6-7-13(19)12(18)8-10)20-17(25)15-11-4-2-3-5-14(11)22-23-15/h2-9H,1H3,(H,20,25)(H,21,24)(H,22,23). The summed E-state index contributed by atoms with van der Waals surface area (Å²) in [6.07, 6.45) is 0. The molecule has 2 aromatic carbocycles. The van der Waals surface area contributed by atoms with Crippen LogP contribution in [0.15, 0.2) is 42.5 Å². The van der Waals surface area contributed by atoms with Crippen molar-refractivity contribution in [3.8, 4) is 0 Å². The Morgan fingerprint density at radius 2 is 2.00 bits per heavy atom. The van der Waals surface area contributed by atoms with E-state index in [0.717, 1.165) is 11.6 Å². The largest absolute Gasteiger partial charge is 0.339 e. The van der Waals surface area contributed by atoms with Crippen molar-refractivity contribution in [2.75, 3.05) is 5.32 Å². The van der Waals surface area contributed by atoms with E-state index in [4.69, 9.17) is 11.6 Å². The molecule has 3 N–H and O–H groups in total. The van der Waals surface area contributed by atoms with Crippen molar-refractivity contribution in [1.29, 1.82) is 0 Å². The zero-order valence-electron chi connectivity index (χ0n) is 13.1. The molecule has 25 heavy (non-hydrogen) atoms. The Kier molecular flexibility index (Phi) is 4.67. The minimum atomic E-state index is -0.827. The predicted octanol–water partition coefficient (Wildman–Crippen LogP) is 3.11. The first kappa shape index (κ1) is 16.9. The van der Waals surface area contributed by atoms with Crippen LogP contribution in [0.5, 0.6) is 0 Å². The van der Waals surface area contributed by atoms with Gasteiger partial charge in [0.05, 0.1) is 10.5 Å². The topological polar surface area (TPSA) is 86.9 Å². The van der Waals surface area contributed by atoms with Crippen molar-refractivity contribution in [3.05, 3.63) is 59.0 Å². The normalized spacial score (nSPS) is 12.0. The fraction of sp³-hybridized carbons (Fsp3) is 0.118. The molecule has 1 heterocycles. The maximum Gasteiger partial charge on any atom is 0.273 e. The van der Waals surface area contributed by atoms with Crippen molar-refractivity contribution >= 4 is 40.0 Å². The molecule has 2 amide bonds. The average Bonchev–Trinajstić information content (AvgIpc) is 3.02. The lowest BCUT2D eigenvalue weighted by Crippen LogP contribution is -2.41. The number of hydrogen-bond acceptors (Lipinski definition) is 3. The summed E-state index contributed by atoms with van der Waals surface area (Å²) in [5, 5.41) is 12.5. The lowest BCUT2D eigenvalue weighted by molar-refractivity contribution is -0.117. The van der Waals surface area contributed by atoms with Gasteiger partial charge in [-0.25, -0.2) is 4.39 Å². The number of hydrogen-bond donors (Lipinski definition) is 3. The smallest absolute Gasteiger partial charge is 0.273 e. The van der Waals surface area contributed by atoms with Gasteiger partial charge in [0.1, 0.15) is 11.9 Å². The van der Waals surface area contributed by atoms with Gasteiger partial charge < -0.3 is 10.6 Å². The molecule has 0 saturated carbocycles. The zero-order valence-corrected chi connectivity index (χ0v) is 13.9. The number of H-pyrrole nitrogens is 1. The molecule has 1 aromatic heterocycles. The number of benzene rings is 2. The molecule has 3 aromatic rings. The average molecular weight is 361 g/mol. The highest BCUT2D eigenvalue weighted by Crippen LogP contribution is 2.19. The minimum absolute atomic E-state index is 0.0996. The first-order valence-corrected chi connectivity index (χ1v) is 7.83. The van der Waals surface area contributed by atoms with Crippen LogP contribution in [0.3, 0.4) is 0 Å². The van der Waals surface area contributed by atoms with Crippen molar-refractivity contribution in [1.82, 2.24) is 15.5 Å². The molecule has 3 rings (SSSR count). The molecular formula is C17H14ClFN4O2. The molecule has 0 aliphatic carbocycles. The Morgan fingerprint density at radius 1 is 1.24 bits per heavy atom. The third-order valence-corrected chi connectivity index (χ3v) is 3.90.